The van der Waals surface area contributed by atoms with E-state index in [0.717, 1.165) is 5.56 Å². The fourth-order valence-corrected chi connectivity index (χ4v) is 3.39. The maximum Gasteiger partial charge on any atom is 0.225 e. The summed E-state index contributed by atoms with van der Waals surface area (Å²) < 4.78 is 13.3. The van der Waals surface area contributed by atoms with E-state index in [9.17, 15) is 14.0 Å². The van der Waals surface area contributed by atoms with Gasteiger partial charge in [0.2, 0.25) is 11.8 Å². The molecule has 2 atom stereocenters. The zero-order chi connectivity index (χ0) is 17.8. The van der Waals surface area contributed by atoms with Crippen molar-refractivity contribution in [1.82, 2.24) is 10.2 Å². The smallest absolute Gasteiger partial charge is 0.225 e. The van der Waals surface area contributed by atoms with Crippen molar-refractivity contribution >= 4 is 11.8 Å². The third-order valence-corrected chi connectivity index (χ3v) is 4.69. The Balaban J connectivity index is 1.76. The fourth-order valence-electron chi connectivity index (χ4n) is 3.39. The first kappa shape index (κ1) is 17.1. The van der Waals surface area contributed by atoms with Gasteiger partial charge in [0.25, 0.3) is 0 Å². The van der Waals surface area contributed by atoms with Crippen LogP contribution in [-0.2, 0) is 16.1 Å². The SMILES string of the molecule is CN1C(=O)CC[C@@H](C(=O)NCc2cccc(F)c2)[C@@H]1c1ccccc1. The second-order valence-corrected chi connectivity index (χ2v) is 6.35. The van der Waals surface area contributed by atoms with Crippen molar-refractivity contribution in [3.05, 3.63) is 71.5 Å². The van der Waals surface area contributed by atoms with Crippen molar-refractivity contribution < 1.29 is 14.0 Å². The van der Waals surface area contributed by atoms with E-state index in [2.05, 4.69) is 5.32 Å². The van der Waals surface area contributed by atoms with Crippen LogP contribution in [0.2, 0.25) is 0 Å². The molecule has 130 valence electrons. The first-order valence-corrected chi connectivity index (χ1v) is 8.39. The van der Waals surface area contributed by atoms with Crippen LogP contribution in [0, 0.1) is 11.7 Å². The third-order valence-electron chi connectivity index (χ3n) is 4.69. The van der Waals surface area contributed by atoms with Crippen molar-refractivity contribution in [3.63, 3.8) is 0 Å². The number of hydrogen-bond acceptors (Lipinski definition) is 2. The van der Waals surface area contributed by atoms with Gasteiger partial charge in [0.1, 0.15) is 5.82 Å². The molecule has 2 aromatic rings. The predicted molar refractivity (Wildman–Crippen MR) is 92.9 cm³/mol. The quantitative estimate of drug-likeness (QED) is 0.930. The van der Waals surface area contributed by atoms with Gasteiger partial charge < -0.3 is 10.2 Å². The number of rotatable bonds is 4. The molecule has 1 N–H and O–H groups in total. The van der Waals surface area contributed by atoms with Gasteiger partial charge in [0, 0.05) is 20.0 Å². The minimum absolute atomic E-state index is 0.0445. The lowest BCUT2D eigenvalue weighted by atomic mass is 9.84. The highest BCUT2D eigenvalue weighted by molar-refractivity contribution is 5.84. The molecule has 0 aromatic heterocycles. The highest BCUT2D eigenvalue weighted by atomic mass is 19.1. The topological polar surface area (TPSA) is 49.4 Å². The van der Waals surface area contributed by atoms with E-state index in [1.807, 2.05) is 30.3 Å². The fraction of sp³-hybridized carbons (Fsp3) is 0.300. The summed E-state index contributed by atoms with van der Waals surface area (Å²) in [5, 5.41) is 2.89. The summed E-state index contributed by atoms with van der Waals surface area (Å²) in [4.78, 5) is 26.5. The molecule has 0 radical (unpaired) electrons. The highest BCUT2D eigenvalue weighted by Gasteiger charge is 2.38. The Labute approximate surface area is 146 Å². The Morgan fingerprint density at radius 1 is 1.20 bits per heavy atom. The lowest BCUT2D eigenvalue weighted by Gasteiger charge is -2.38. The average Bonchev–Trinajstić information content (AvgIpc) is 2.62. The van der Waals surface area contributed by atoms with E-state index in [0.29, 0.717) is 18.4 Å². The molecule has 25 heavy (non-hydrogen) atoms. The van der Waals surface area contributed by atoms with E-state index in [-0.39, 0.29) is 36.1 Å². The van der Waals surface area contributed by atoms with E-state index in [4.69, 9.17) is 0 Å². The van der Waals surface area contributed by atoms with Gasteiger partial charge in [-0.05, 0) is 29.7 Å². The van der Waals surface area contributed by atoms with Gasteiger partial charge in [-0.25, -0.2) is 4.39 Å². The van der Waals surface area contributed by atoms with Crippen LogP contribution in [0.1, 0.15) is 30.0 Å². The van der Waals surface area contributed by atoms with Crippen LogP contribution in [0.5, 0.6) is 0 Å². The molecule has 1 saturated heterocycles. The van der Waals surface area contributed by atoms with Crippen molar-refractivity contribution in [3.8, 4) is 0 Å². The second kappa shape index (κ2) is 7.47. The molecule has 1 fully saturated rings. The minimum Gasteiger partial charge on any atom is -0.352 e. The van der Waals surface area contributed by atoms with Gasteiger partial charge in [0.15, 0.2) is 0 Å². The molecule has 1 aliphatic rings. The predicted octanol–water partition coefficient (Wildman–Crippen LogP) is 3.05. The van der Waals surface area contributed by atoms with Gasteiger partial charge in [-0.1, -0.05) is 42.5 Å². The molecule has 2 amide bonds. The lowest BCUT2D eigenvalue weighted by Crippen LogP contribution is -2.46. The number of nitrogens with one attached hydrogen (secondary N) is 1. The summed E-state index contributed by atoms with van der Waals surface area (Å²) >= 11 is 0. The number of carbonyl (C=O) groups excluding carboxylic acids is 2. The van der Waals surface area contributed by atoms with Gasteiger partial charge in [0.05, 0.1) is 12.0 Å². The Kier molecular flexibility index (Phi) is 5.12. The second-order valence-electron chi connectivity index (χ2n) is 6.35. The lowest BCUT2D eigenvalue weighted by molar-refractivity contribution is -0.141. The Morgan fingerprint density at radius 3 is 2.68 bits per heavy atom. The molecule has 0 aliphatic carbocycles. The van der Waals surface area contributed by atoms with Crippen molar-refractivity contribution in [2.45, 2.75) is 25.4 Å². The Bertz CT molecular complexity index is 763. The van der Waals surface area contributed by atoms with E-state index >= 15 is 0 Å². The number of piperidine rings is 1. The van der Waals surface area contributed by atoms with Gasteiger partial charge in [-0.3, -0.25) is 9.59 Å². The summed E-state index contributed by atoms with van der Waals surface area (Å²) in [5.74, 6) is -0.712. The zero-order valence-electron chi connectivity index (χ0n) is 14.1. The third kappa shape index (κ3) is 3.87. The summed E-state index contributed by atoms with van der Waals surface area (Å²) in [7, 11) is 1.74. The molecule has 0 bridgehead atoms. The molecular weight excluding hydrogens is 319 g/mol. The molecule has 0 saturated carbocycles. The first-order chi connectivity index (χ1) is 12.1. The summed E-state index contributed by atoms with van der Waals surface area (Å²) in [6.07, 6.45) is 0.871. The number of amides is 2. The molecule has 5 heteroatoms. The summed E-state index contributed by atoms with van der Waals surface area (Å²) in [6.45, 7) is 0.270. The molecule has 2 aromatic carbocycles. The molecular formula is C20H21FN2O2. The standard InChI is InChI=1S/C20H21FN2O2/c1-23-18(24)11-10-17(19(23)15-7-3-2-4-8-15)20(25)22-13-14-6-5-9-16(21)12-14/h2-9,12,17,19H,10-11,13H2,1H3,(H,22,25)/t17-,19+/m1/s1. The maximum atomic E-state index is 13.3. The van der Waals surface area contributed by atoms with Crippen LogP contribution >= 0.6 is 0 Å². The van der Waals surface area contributed by atoms with Crippen LogP contribution < -0.4 is 5.32 Å². The first-order valence-electron chi connectivity index (χ1n) is 8.39. The maximum absolute atomic E-state index is 13.3. The van der Waals surface area contributed by atoms with Gasteiger partial charge in [-0.2, -0.15) is 0 Å². The number of halogens is 1. The number of carbonyl (C=O) groups is 2. The van der Waals surface area contributed by atoms with Gasteiger partial charge >= 0.3 is 0 Å². The monoisotopic (exact) mass is 340 g/mol. The van der Waals surface area contributed by atoms with E-state index < -0.39 is 0 Å². The molecule has 4 nitrogen and oxygen atoms in total. The molecule has 0 unspecified atom stereocenters. The van der Waals surface area contributed by atoms with Crippen LogP contribution in [0.15, 0.2) is 54.6 Å². The Morgan fingerprint density at radius 2 is 1.96 bits per heavy atom. The van der Waals surface area contributed by atoms with Gasteiger partial charge in [-0.15, -0.1) is 0 Å². The van der Waals surface area contributed by atoms with Crippen LogP contribution in [0.4, 0.5) is 4.39 Å². The normalized spacial score (nSPS) is 20.4. The number of benzene rings is 2. The molecule has 1 aliphatic heterocycles. The van der Waals surface area contributed by atoms with E-state index in [1.54, 1.807) is 24.1 Å². The largest absolute Gasteiger partial charge is 0.352 e. The highest BCUT2D eigenvalue weighted by Crippen LogP contribution is 2.35. The van der Waals surface area contributed by atoms with E-state index in [1.165, 1.54) is 12.1 Å². The average molecular weight is 340 g/mol. The van der Waals surface area contributed by atoms with Crippen LogP contribution in [0.3, 0.4) is 0 Å². The zero-order valence-corrected chi connectivity index (χ0v) is 14.1. The van der Waals surface area contributed by atoms with Crippen LogP contribution in [0.25, 0.3) is 0 Å². The summed E-state index contributed by atoms with van der Waals surface area (Å²) in [6, 6.07) is 15.5. The Hall–Kier alpha value is -2.69. The number of nitrogens with zero attached hydrogens (tertiary/aromatic N) is 1. The molecule has 3 rings (SSSR count). The molecule has 1 heterocycles. The summed E-state index contributed by atoms with van der Waals surface area (Å²) in [5.41, 5.74) is 1.66. The molecule has 0 spiro atoms. The number of likely N-dealkylation sites (tertiary alicyclic amines) is 1. The minimum atomic E-state index is -0.322. The number of hydrogen-bond donors (Lipinski definition) is 1. The van der Waals surface area contributed by atoms with Crippen molar-refractivity contribution in [2.24, 2.45) is 5.92 Å². The van der Waals surface area contributed by atoms with Crippen molar-refractivity contribution in [1.29, 1.82) is 0 Å². The van der Waals surface area contributed by atoms with Crippen molar-refractivity contribution in [2.75, 3.05) is 7.05 Å². The van der Waals surface area contributed by atoms with Crippen LogP contribution in [-0.4, -0.2) is 23.8 Å².